The second-order valence-electron chi connectivity index (χ2n) is 4.39. The Balaban J connectivity index is 0. The Morgan fingerprint density at radius 2 is 1.72 bits per heavy atom. The third kappa shape index (κ3) is 6.54. The SMILES string of the molecule is CCN(CC)CCCOC(=O)C(C)(CO)CO.Cl. The van der Waals surface area contributed by atoms with Gasteiger partial charge in [-0.05, 0) is 26.4 Å². The van der Waals surface area contributed by atoms with Crippen LogP contribution in [0, 0.1) is 5.41 Å². The van der Waals surface area contributed by atoms with Crippen LogP contribution in [0.25, 0.3) is 0 Å². The van der Waals surface area contributed by atoms with Crippen molar-refractivity contribution >= 4 is 18.4 Å². The lowest BCUT2D eigenvalue weighted by Gasteiger charge is -2.23. The molecule has 0 aliphatic rings. The van der Waals surface area contributed by atoms with Gasteiger partial charge in [0.05, 0.1) is 19.8 Å². The van der Waals surface area contributed by atoms with Gasteiger partial charge >= 0.3 is 5.97 Å². The van der Waals surface area contributed by atoms with Gasteiger partial charge in [0.15, 0.2) is 0 Å². The number of carbonyl (C=O) groups excluding carboxylic acids is 1. The van der Waals surface area contributed by atoms with Gasteiger partial charge in [-0.2, -0.15) is 0 Å². The Kier molecular flexibility index (Phi) is 11.7. The lowest BCUT2D eigenvalue weighted by molar-refractivity contribution is -0.160. The molecule has 6 heteroatoms. The number of hydrogen-bond acceptors (Lipinski definition) is 5. The predicted octanol–water partition coefficient (Wildman–Crippen LogP) is 0.674. The van der Waals surface area contributed by atoms with Crippen molar-refractivity contribution in [1.29, 1.82) is 0 Å². The van der Waals surface area contributed by atoms with Gasteiger partial charge in [0.25, 0.3) is 0 Å². The molecule has 0 spiro atoms. The van der Waals surface area contributed by atoms with E-state index < -0.39 is 24.6 Å². The fraction of sp³-hybridized carbons (Fsp3) is 0.917. The topological polar surface area (TPSA) is 70.0 Å². The largest absolute Gasteiger partial charge is 0.465 e. The minimum absolute atomic E-state index is 0. The molecule has 0 aromatic heterocycles. The predicted molar refractivity (Wildman–Crippen MR) is 72.9 cm³/mol. The summed E-state index contributed by atoms with van der Waals surface area (Å²) in [6, 6.07) is 0. The van der Waals surface area contributed by atoms with E-state index in [0.717, 1.165) is 26.1 Å². The number of ether oxygens (including phenoxy) is 1. The number of hydrogen-bond donors (Lipinski definition) is 2. The van der Waals surface area contributed by atoms with E-state index in [-0.39, 0.29) is 12.4 Å². The van der Waals surface area contributed by atoms with Crippen LogP contribution in [0.5, 0.6) is 0 Å². The zero-order chi connectivity index (χ0) is 13.3. The average molecular weight is 284 g/mol. The van der Waals surface area contributed by atoms with Crippen molar-refractivity contribution < 1.29 is 19.7 Å². The van der Waals surface area contributed by atoms with Crippen LogP contribution in [0.2, 0.25) is 0 Å². The summed E-state index contributed by atoms with van der Waals surface area (Å²) in [5.41, 5.74) is -1.19. The number of esters is 1. The summed E-state index contributed by atoms with van der Waals surface area (Å²) < 4.78 is 5.04. The molecule has 0 aliphatic heterocycles. The van der Waals surface area contributed by atoms with E-state index in [1.54, 1.807) is 0 Å². The normalized spacial score (nSPS) is 11.2. The van der Waals surface area contributed by atoms with Crippen LogP contribution in [0.15, 0.2) is 0 Å². The highest BCUT2D eigenvalue weighted by Gasteiger charge is 2.33. The van der Waals surface area contributed by atoms with E-state index in [9.17, 15) is 4.79 Å². The van der Waals surface area contributed by atoms with Crippen molar-refractivity contribution in [3.05, 3.63) is 0 Å². The van der Waals surface area contributed by atoms with Gasteiger partial charge in [-0.1, -0.05) is 13.8 Å². The van der Waals surface area contributed by atoms with Crippen LogP contribution in [-0.2, 0) is 9.53 Å². The number of nitrogens with zero attached hydrogens (tertiary/aromatic N) is 1. The van der Waals surface area contributed by atoms with Crippen LogP contribution in [-0.4, -0.2) is 60.5 Å². The molecule has 2 N–H and O–H groups in total. The molecule has 110 valence electrons. The summed E-state index contributed by atoms with van der Waals surface area (Å²) in [7, 11) is 0. The number of carbonyl (C=O) groups is 1. The molecule has 0 saturated carbocycles. The zero-order valence-corrected chi connectivity index (χ0v) is 12.3. The lowest BCUT2D eigenvalue weighted by atomic mass is 9.93. The first-order valence-electron chi connectivity index (χ1n) is 6.15. The molecule has 0 aromatic rings. The van der Waals surface area contributed by atoms with Gasteiger partial charge in [0.1, 0.15) is 5.41 Å². The third-order valence-electron chi connectivity index (χ3n) is 2.94. The number of rotatable bonds is 9. The highest BCUT2D eigenvalue weighted by Crippen LogP contribution is 2.16. The number of aliphatic hydroxyl groups excluding tert-OH is 2. The molecule has 0 atom stereocenters. The van der Waals surface area contributed by atoms with Crippen LogP contribution >= 0.6 is 12.4 Å². The minimum Gasteiger partial charge on any atom is -0.465 e. The van der Waals surface area contributed by atoms with E-state index in [1.165, 1.54) is 6.92 Å². The van der Waals surface area contributed by atoms with Crippen LogP contribution in [0.4, 0.5) is 0 Å². The van der Waals surface area contributed by atoms with E-state index in [0.29, 0.717) is 6.61 Å². The Bertz CT molecular complexity index is 218. The molecule has 0 fully saturated rings. The molecular formula is C12H26ClNO4. The van der Waals surface area contributed by atoms with Gasteiger partial charge in [-0.15, -0.1) is 12.4 Å². The standard InChI is InChI=1S/C12H25NO4.ClH/c1-4-13(5-2)7-6-8-17-11(16)12(3,9-14)10-15;/h14-15H,4-10H2,1-3H3;1H. The van der Waals surface area contributed by atoms with Crippen molar-refractivity contribution in [3.8, 4) is 0 Å². The molecule has 18 heavy (non-hydrogen) atoms. The van der Waals surface area contributed by atoms with Crippen LogP contribution in [0.1, 0.15) is 27.2 Å². The first-order valence-corrected chi connectivity index (χ1v) is 6.15. The van der Waals surface area contributed by atoms with Crippen molar-refractivity contribution in [1.82, 2.24) is 4.90 Å². The zero-order valence-electron chi connectivity index (χ0n) is 11.5. The van der Waals surface area contributed by atoms with E-state index >= 15 is 0 Å². The summed E-state index contributed by atoms with van der Waals surface area (Å²) in [5, 5.41) is 18.0. The molecule has 0 amide bonds. The fourth-order valence-electron chi connectivity index (χ4n) is 1.35. The lowest BCUT2D eigenvalue weighted by Crippen LogP contribution is -2.37. The highest BCUT2D eigenvalue weighted by molar-refractivity contribution is 5.85. The Morgan fingerprint density at radius 1 is 1.22 bits per heavy atom. The van der Waals surface area contributed by atoms with Crippen molar-refractivity contribution in [2.75, 3.05) is 39.5 Å². The number of aliphatic hydroxyl groups is 2. The molecule has 0 saturated heterocycles. The maximum absolute atomic E-state index is 11.6. The molecule has 0 bridgehead atoms. The Hall–Kier alpha value is -0.360. The summed E-state index contributed by atoms with van der Waals surface area (Å²) in [4.78, 5) is 13.8. The minimum atomic E-state index is -1.19. The quantitative estimate of drug-likeness (QED) is 0.481. The highest BCUT2D eigenvalue weighted by atomic mass is 35.5. The van der Waals surface area contributed by atoms with Crippen LogP contribution in [0.3, 0.4) is 0 Å². The van der Waals surface area contributed by atoms with Gasteiger partial charge in [-0.25, -0.2) is 0 Å². The molecule has 0 aliphatic carbocycles. The molecule has 5 nitrogen and oxygen atoms in total. The summed E-state index contributed by atoms with van der Waals surface area (Å²) in [5.74, 6) is -0.540. The second-order valence-corrected chi connectivity index (χ2v) is 4.39. The van der Waals surface area contributed by atoms with E-state index in [4.69, 9.17) is 14.9 Å². The van der Waals surface area contributed by atoms with E-state index in [2.05, 4.69) is 18.7 Å². The van der Waals surface area contributed by atoms with Crippen molar-refractivity contribution in [2.24, 2.45) is 5.41 Å². The van der Waals surface area contributed by atoms with Crippen molar-refractivity contribution in [2.45, 2.75) is 27.2 Å². The summed E-state index contributed by atoms with van der Waals surface area (Å²) >= 11 is 0. The Labute approximate surface area is 116 Å². The molecule has 0 heterocycles. The van der Waals surface area contributed by atoms with Gasteiger partial charge < -0.3 is 19.8 Å². The average Bonchev–Trinajstić information content (AvgIpc) is 2.37. The molecule has 0 aromatic carbocycles. The fourth-order valence-corrected chi connectivity index (χ4v) is 1.35. The molecule has 0 radical (unpaired) electrons. The second kappa shape index (κ2) is 10.6. The maximum Gasteiger partial charge on any atom is 0.316 e. The molecule has 0 rings (SSSR count). The number of halogens is 1. The van der Waals surface area contributed by atoms with Gasteiger partial charge in [-0.3, -0.25) is 4.79 Å². The smallest absolute Gasteiger partial charge is 0.316 e. The first-order chi connectivity index (χ1) is 8.03. The van der Waals surface area contributed by atoms with E-state index in [1.807, 2.05) is 0 Å². The van der Waals surface area contributed by atoms with Gasteiger partial charge in [0, 0.05) is 6.54 Å². The summed E-state index contributed by atoms with van der Waals surface area (Å²) in [6.45, 7) is 8.02. The maximum atomic E-state index is 11.6. The molecule has 0 unspecified atom stereocenters. The monoisotopic (exact) mass is 283 g/mol. The third-order valence-corrected chi connectivity index (χ3v) is 2.94. The molecular weight excluding hydrogens is 258 g/mol. The Morgan fingerprint density at radius 3 is 2.11 bits per heavy atom. The summed E-state index contributed by atoms with van der Waals surface area (Å²) in [6.07, 6.45) is 0.764. The van der Waals surface area contributed by atoms with Gasteiger partial charge in [0.2, 0.25) is 0 Å². The first kappa shape index (κ1) is 20.0. The van der Waals surface area contributed by atoms with Crippen molar-refractivity contribution in [3.63, 3.8) is 0 Å². The van der Waals surface area contributed by atoms with Crippen LogP contribution < -0.4 is 0 Å².